The van der Waals surface area contributed by atoms with Gasteiger partial charge in [-0.15, -0.1) is 0 Å². The Bertz CT molecular complexity index is 499. The van der Waals surface area contributed by atoms with Crippen LogP contribution in [-0.2, 0) is 9.59 Å². The number of rotatable bonds is 8. The number of carboxylic acids is 1. The first-order chi connectivity index (χ1) is 9.93. The van der Waals surface area contributed by atoms with Crippen molar-refractivity contribution in [2.24, 2.45) is 5.92 Å². The van der Waals surface area contributed by atoms with E-state index in [0.717, 1.165) is 17.5 Å². The molecule has 0 saturated carbocycles. The summed E-state index contributed by atoms with van der Waals surface area (Å²) in [4.78, 5) is 22.7. The van der Waals surface area contributed by atoms with Crippen molar-refractivity contribution in [2.75, 3.05) is 13.2 Å². The van der Waals surface area contributed by atoms with Crippen LogP contribution in [0.2, 0.25) is 0 Å². The Kier molecular flexibility index (Phi) is 6.72. The van der Waals surface area contributed by atoms with Gasteiger partial charge in [-0.25, -0.2) is 0 Å². The average molecular weight is 293 g/mol. The fourth-order valence-corrected chi connectivity index (χ4v) is 1.96. The molecule has 1 amide bonds. The smallest absolute Gasteiger partial charge is 0.308 e. The number of aryl methyl sites for hydroxylation is 2. The van der Waals surface area contributed by atoms with E-state index < -0.39 is 11.9 Å². The van der Waals surface area contributed by atoms with E-state index in [-0.39, 0.29) is 19.1 Å². The summed E-state index contributed by atoms with van der Waals surface area (Å²) in [6.07, 6.45) is 1.32. The molecule has 5 heteroatoms. The highest BCUT2D eigenvalue weighted by atomic mass is 16.5. The second-order valence-electron chi connectivity index (χ2n) is 5.19. The number of carbonyl (C=O) groups excluding carboxylic acids is 1. The largest absolute Gasteiger partial charge is 0.483 e. The van der Waals surface area contributed by atoms with Crippen LogP contribution in [0.4, 0.5) is 0 Å². The Hall–Kier alpha value is -2.04. The van der Waals surface area contributed by atoms with Crippen LogP contribution in [-0.4, -0.2) is 30.1 Å². The maximum Gasteiger partial charge on any atom is 0.308 e. The number of aliphatic carboxylic acids is 1. The van der Waals surface area contributed by atoms with E-state index in [9.17, 15) is 9.59 Å². The second-order valence-corrected chi connectivity index (χ2v) is 5.19. The lowest BCUT2D eigenvalue weighted by atomic mass is 10.0. The van der Waals surface area contributed by atoms with Crippen molar-refractivity contribution >= 4 is 11.9 Å². The lowest BCUT2D eigenvalue weighted by Gasteiger charge is -2.13. The van der Waals surface area contributed by atoms with Crippen LogP contribution in [0.25, 0.3) is 0 Å². The maximum atomic E-state index is 11.7. The summed E-state index contributed by atoms with van der Waals surface area (Å²) in [6, 6.07) is 5.79. The third kappa shape index (κ3) is 5.85. The predicted molar refractivity (Wildman–Crippen MR) is 80.5 cm³/mol. The molecule has 1 unspecified atom stereocenters. The van der Waals surface area contributed by atoms with E-state index in [1.54, 1.807) is 0 Å². The van der Waals surface area contributed by atoms with Crippen LogP contribution in [0.5, 0.6) is 5.75 Å². The Morgan fingerprint density at radius 3 is 2.67 bits per heavy atom. The molecule has 0 aliphatic heterocycles. The Morgan fingerprint density at radius 2 is 2.05 bits per heavy atom. The molecule has 21 heavy (non-hydrogen) atoms. The number of hydrogen-bond acceptors (Lipinski definition) is 3. The zero-order valence-corrected chi connectivity index (χ0v) is 12.8. The summed E-state index contributed by atoms with van der Waals surface area (Å²) < 4.78 is 5.47. The van der Waals surface area contributed by atoms with Crippen LogP contribution in [0.3, 0.4) is 0 Å². The topological polar surface area (TPSA) is 75.6 Å². The second kappa shape index (κ2) is 8.29. The van der Waals surface area contributed by atoms with Gasteiger partial charge in [-0.1, -0.05) is 25.5 Å². The van der Waals surface area contributed by atoms with Gasteiger partial charge in [-0.3, -0.25) is 9.59 Å². The minimum Gasteiger partial charge on any atom is -0.483 e. The van der Waals surface area contributed by atoms with Crippen molar-refractivity contribution in [1.82, 2.24) is 5.32 Å². The molecule has 1 rings (SSSR count). The predicted octanol–water partition coefficient (Wildman–Crippen LogP) is 2.30. The van der Waals surface area contributed by atoms with Gasteiger partial charge >= 0.3 is 5.97 Å². The molecule has 0 fully saturated rings. The lowest BCUT2D eigenvalue weighted by molar-refractivity contribution is -0.142. The first-order valence-corrected chi connectivity index (χ1v) is 7.13. The Balaban J connectivity index is 2.43. The van der Waals surface area contributed by atoms with Gasteiger partial charge in [0.25, 0.3) is 5.91 Å². The molecule has 1 atom stereocenters. The molecule has 0 heterocycles. The summed E-state index contributed by atoms with van der Waals surface area (Å²) in [7, 11) is 0. The minimum atomic E-state index is -0.882. The molecule has 0 aromatic heterocycles. The zero-order valence-electron chi connectivity index (χ0n) is 12.8. The highest BCUT2D eigenvalue weighted by Crippen LogP contribution is 2.18. The molecule has 5 nitrogen and oxygen atoms in total. The molecule has 2 N–H and O–H groups in total. The summed E-state index contributed by atoms with van der Waals surface area (Å²) >= 11 is 0. The Labute approximate surface area is 125 Å². The third-order valence-electron chi connectivity index (χ3n) is 3.23. The number of hydrogen-bond donors (Lipinski definition) is 2. The molecule has 0 spiro atoms. The van der Waals surface area contributed by atoms with Crippen molar-refractivity contribution in [2.45, 2.75) is 33.6 Å². The van der Waals surface area contributed by atoms with Gasteiger partial charge in [0, 0.05) is 6.54 Å². The maximum absolute atomic E-state index is 11.7. The number of carboxylic acid groups (broad SMARTS) is 1. The van der Waals surface area contributed by atoms with E-state index >= 15 is 0 Å². The van der Waals surface area contributed by atoms with Gasteiger partial charge in [0.15, 0.2) is 6.61 Å². The van der Waals surface area contributed by atoms with Crippen molar-refractivity contribution in [3.05, 3.63) is 29.3 Å². The molecule has 0 saturated heterocycles. The SMILES string of the molecule is CCCC(CNC(=O)COc1cc(C)ccc1C)C(=O)O. The number of amides is 1. The summed E-state index contributed by atoms with van der Waals surface area (Å²) in [5.74, 6) is -1.06. The quantitative estimate of drug-likeness (QED) is 0.771. The lowest BCUT2D eigenvalue weighted by Crippen LogP contribution is -2.35. The van der Waals surface area contributed by atoms with Gasteiger partial charge in [0.05, 0.1) is 5.92 Å². The van der Waals surface area contributed by atoms with Crippen molar-refractivity contribution in [3.63, 3.8) is 0 Å². The van der Waals surface area contributed by atoms with Gasteiger partial charge in [-0.05, 0) is 37.5 Å². The Morgan fingerprint density at radius 1 is 1.33 bits per heavy atom. The standard InChI is InChI=1S/C16H23NO4/c1-4-5-13(16(19)20)9-17-15(18)10-21-14-8-11(2)6-7-12(14)3/h6-8,13H,4-5,9-10H2,1-3H3,(H,17,18)(H,19,20). The average Bonchev–Trinajstić information content (AvgIpc) is 2.44. The molecule has 116 valence electrons. The normalized spacial score (nSPS) is 11.8. The number of benzene rings is 1. The highest BCUT2D eigenvalue weighted by molar-refractivity contribution is 5.78. The molecular weight excluding hydrogens is 270 g/mol. The van der Waals surface area contributed by atoms with Crippen LogP contribution in [0.15, 0.2) is 18.2 Å². The van der Waals surface area contributed by atoms with E-state index in [1.165, 1.54) is 0 Å². The van der Waals surface area contributed by atoms with Gasteiger partial charge in [0.2, 0.25) is 0 Å². The summed E-state index contributed by atoms with van der Waals surface area (Å²) in [5, 5.41) is 11.6. The van der Waals surface area contributed by atoms with E-state index in [4.69, 9.17) is 9.84 Å². The van der Waals surface area contributed by atoms with Gasteiger partial charge < -0.3 is 15.2 Å². The summed E-state index contributed by atoms with van der Waals surface area (Å²) in [5.41, 5.74) is 2.02. The molecule has 0 bridgehead atoms. The van der Waals surface area contributed by atoms with E-state index in [1.807, 2.05) is 39.0 Å². The monoisotopic (exact) mass is 293 g/mol. The van der Waals surface area contributed by atoms with Crippen molar-refractivity contribution < 1.29 is 19.4 Å². The molecule has 0 aliphatic carbocycles. The van der Waals surface area contributed by atoms with Crippen LogP contribution in [0, 0.1) is 19.8 Å². The zero-order chi connectivity index (χ0) is 15.8. The van der Waals surface area contributed by atoms with Gasteiger partial charge in [-0.2, -0.15) is 0 Å². The van der Waals surface area contributed by atoms with E-state index in [0.29, 0.717) is 12.2 Å². The first-order valence-electron chi connectivity index (χ1n) is 7.13. The first kappa shape index (κ1) is 17.0. The van der Waals surface area contributed by atoms with Crippen LogP contribution in [0.1, 0.15) is 30.9 Å². The highest BCUT2D eigenvalue weighted by Gasteiger charge is 2.17. The summed E-state index contributed by atoms with van der Waals surface area (Å²) in [6.45, 7) is 5.81. The number of ether oxygens (including phenoxy) is 1. The fraction of sp³-hybridized carbons (Fsp3) is 0.500. The number of nitrogens with one attached hydrogen (secondary N) is 1. The third-order valence-corrected chi connectivity index (χ3v) is 3.23. The van der Waals surface area contributed by atoms with E-state index in [2.05, 4.69) is 5.32 Å². The van der Waals surface area contributed by atoms with Gasteiger partial charge in [0.1, 0.15) is 5.75 Å². The van der Waals surface area contributed by atoms with Crippen LogP contribution < -0.4 is 10.1 Å². The molecular formula is C16H23NO4. The molecule has 0 radical (unpaired) electrons. The molecule has 0 aliphatic rings. The molecule has 1 aromatic rings. The number of carbonyl (C=O) groups is 2. The van der Waals surface area contributed by atoms with Crippen molar-refractivity contribution in [3.8, 4) is 5.75 Å². The minimum absolute atomic E-state index is 0.108. The fourth-order valence-electron chi connectivity index (χ4n) is 1.96. The van der Waals surface area contributed by atoms with Crippen molar-refractivity contribution in [1.29, 1.82) is 0 Å². The molecule has 1 aromatic carbocycles. The van der Waals surface area contributed by atoms with Crippen LogP contribution >= 0.6 is 0 Å².